The molecular formula is C10H16. The fraction of sp³-hybridized carbons (Fsp3) is 0.400. The molecule has 0 atom stereocenters. The van der Waals surface area contributed by atoms with Crippen LogP contribution in [0.25, 0.3) is 0 Å². The van der Waals surface area contributed by atoms with Gasteiger partial charge in [-0.15, -0.1) is 0 Å². The Morgan fingerprint density at radius 1 is 1.30 bits per heavy atom. The molecule has 0 heteroatoms. The standard InChI is InChI=1S/2C5H8/c1-2-4-5-3-1;1-3-5-4-2/h1-2H,3-5H2;3-5H,1H2,2H3. The van der Waals surface area contributed by atoms with Crippen LogP contribution in [0.15, 0.2) is 37.0 Å². The molecule has 0 aliphatic heterocycles. The molecule has 0 N–H and O–H groups in total. The van der Waals surface area contributed by atoms with Crippen LogP contribution in [0.2, 0.25) is 0 Å². The first-order chi connectivity index (χ1) is 4.91. The van der Waals surface area contributed by atoms with Crippen molar-refractivity contribution in [2.24, 2.45) is 0 Å². The number of allylic oxidation sites excluding steroid dienone is 5. The van der Waals surface area contributed by atoms with Crippen LogP contribution in [0, 0.1) is 0 Å². The largest absolute Gasteiger partial charge is 0.0991 e. The van der Waals surface area contributed by atoms with E-state index in [2.05, 4.69) is 18.7 Å². The molecule has 0 heterocycles. The van der Waals surface area contributed by atoms with Gasteiger partial charge in [-0.05, 0) is 26.2 Å². The average Bonchev–Trinajstić information content (AvgIpc) is 2.44. The molecular weight excluding hydrogens is 120 g/mol. The molecule has 0 aromatic heterocycles. The van der Waals surface area contributed by atoms with Crippen LogP contribution in [-0.4, -0.2) is 0 Å². The molecule has 56 valence electrons. The van der Waals surface area contributed by atoms with Gasteiger partial charge in [0.05, 0.1) is 0 Å². The average molecular weight is 136 g/mol. The van der Waals surface area contributed by atoms with E-state index in [9.17, 15) is 0 Å². The fourth-order valence-corrected chi connectivity index (χ4v) is 0.725. The van der Waals surface area contributed by atoms with E-state index in [0.29, 0.717) is 0 Å². The van der Waals surface area contributed by atoms with Gasteiger partial charge in [-0.2, -0.15) is 0 Å². The molecule has 1 rings (SSSR count). The monoisotopic (exact) mass is 136 g/mol. The van der Waals surface area contributed by atoms with E-state index >= 15 is 0 Å². The summed E-state index contributed by atoms with van der Waals surface area (Å²) in [5, 5.41) is 0. The van der Waals surface area contributed by atoms with Crippen molar-refractivity contribution in [3.63, 3.8) is 0 Å². The van der Waals surface area contributed by atoms with Gasteiger partial charge >= 0.3 is 0 Å². The third kappa shape index (κ3) is 7.22. The molecule has 0 fully saturated rings. The Hall–Kier alpha value is -0.780. The fourth-order valence-electron chi connectivity index (χ4n) is 0.725. The van der Waals surface area contributed by atoms with Crippen molar-refractivity contribution in [3.8, 4) is 0 Å². The zero-order chi connectivity index (χ0) is 7.66. The van der Waals surface area contributed by atoms with Gasteiger partial charge in [0.2, 0.25) is 0 Å². The minimum atomic E-state index is 1.32. The number of rotatable bonds is 1. The summed E-state index contributed by atoms with van der Waals surface area (Å²) in [5.74, 6) is 0. The first kappa shape index (κ1) is 9.22. The van der Waals surface area contributed by atoms with Gasteiger partial charge in [0.1, 0.15) is 0 Å². The Bertz CT molecular complexity index is 112. The molecule has 0 radical (unpaired) electrons. The Morgan fingerprint density at radius 2 is 1.90 bits per heavy atom. The van der Waals surface area contributed by atoms with Crippen molar-refractivity contribution in [2.45, 2.75) is 26.2 Å². The minimum Gasteiger partial charge on any atom is -0.0991 e. The highest BCUT2D eigenvalue weighted by molar-refractivity contribution is 4.94. The first-order valence-corrected chi connectivity index (χ1v) is 3.80. The van der Waals surface area contributed by atoms with Gasteiger partial charge in [0.25, 0.3) is 0 Å². The highest BCUT2D eigenvalue weighted by Gasteiger charge is 1.84. The molecule has 0 saturated heterocycles. The van der Waals surface area contributed by atoms with E-state index in [1.165, 1.54) is 19.3 Å². The summed E-state index contributed by atoms with van der Waals surface area (Å²) in [6, 6.07) is 0. The zero-order valence-electron chi connectivity index (χ0n) is 6.72. The lowest BCUT2D eigenvalue weighted by molar-refractivity contribution is 0.929. The maximum Gasteiger partial charge on any atom is -0.0348 e. The molecule has 0 amide bonds. The lowest BCUT2D eigenvalue weighted by Crippen LogP contribution is -1.50. The van der Waals surface area contributed by atoms with Crippen LogP contribution in [0.4, 0.5) is 0 Å². The van der Waals surface area contributed by atoms with E-state index in [-0.39, 0.29) is 0 Å². The van der Waals surface area contributed by atoms with E-state index in [1.807, 2.05) is 19.1 Å². The van der Waals surface area contributed by atoms with Crippen molar-refractivity contribution in [2.75, 3.05) is 0 Å². The lowest BCUT2D eigenvalue weighted by Gasteiger charge is -1.69. The summed E-state index contributed by atoms with van der Waals surface area (Å²) < 4.78 is 0. The molecule has 0 aromatic carbocycles. The molecule has 10 heavy (non-hydrogen) atoms. The predicted molar refractivity (Wildman–Crippen MR) is 48.0 cm³/mol. The second-order valence-electron chi connectivity index (χ2n) is 2.16. The highest BCUT2D eigenvalue weighted by Crippen LogP contribution is 2.05. The van der Waals surface area contributed by atoms with Gasteiger partial charge in [0.15, 0.2) is 0 Å². The third-order valence-corrected chi connectivity index (χ3v) is 1.24. The van der Waals surface area contributed by atoms with Crippen LogP contribution in [0.1, 0.15) is 26.2 Å². The molecule has 0 saturated carbocycles. The Morgan fingerprint density at radius 3 is 2.00 bits per heavy atom. The van der Waals surface area contributed by atoms with Crippen LogP contribution in [0.5, 0.6) is 0 Å². The van der Waals surface area contributed by atoms with Gasteiger partial charge in [0, 0.05) is 0 Å². The number of hydrogen-bond donors (Lipinski definition) is 0. The molecule has 1 aliphatic rings. The second kappa shape index (κ2) is 8.22. The van der Waals surface area contributed by atoms with Crippen LogP contribution in [0.3, 0.4) is 0 Å². The number of hydrogen-bond acceptors (Lipinski definition) is 0. The molecule has 0 unspecified atom stereocenters. The van der Waals surface area contributed by atoms with Crippen LogP contribution < -0.4 is 0 Å². The predicted octanol–water partition coefficient (Wildman–Crippen LogP) is 3.48. The summed E-state index contributed by atoms with van der Waals surface area (Å²) in [5.41, 5.74) is 0. The topological polar surface area (TPSA) is 0 Å². The van der Waals surface area contributed by atoms with Gasteiger partial charge in [-0.25, -0.2) is 0 Å². The van der Waals surface area contributed by atoms with E-state index in [1.54, 1.807) is 6.08 Å². The molecule has 0 nitrogen and oxygen atoms in total. The highest BCUT2D eigenvalue weighted by atomic mass is 13.9. The minimum absolute atomic E-state index is 1.32. The summed E-state index contributed by atoms with van der Waals surface area (Å²) >= 11 is 0. The molecule has 0 spiro atoms. The molecule has 0 bridgehead atoms. The van der Waals surface area contributed by atoms with Crippen LogP contribution in [-0.2, 0) is 0 Å². The summed E-state index contributed by atoms with van der Waals surface area (Å²) in [6.07, 6.45) is 14.1. The smallest absolute Gasteiger partial charge is 0.0348 e. The maximum atomic E-state index is 3.46. The van der Waals surface area contributed by atoms with E-state index < -0.39 is 0 Å². The molecule has 1 aliphatic carbocycles. The van der Waals surface area contributed by atoms with Crippen molar-refractivity contribution in [1.82, 2.24) is 0 Å². The quantitative estimate of drug-likeness (QED) is 0.382. The van der Waals surface area contributed by atoms with Crippen LogP contribution >= 0.6 is 0 Å². The normalized spacial score (nSPS) is 14.9. The Labute approximate surface area is 64.0 Å². The van der Waals surface area contributed by atoms with E-state index in [4.69, 9.17) is 0 Å². The lowest BCUT2D eigenvalue weighted by atomic mass is 10.4. The van der Waals surface area contributed by atoms with Crippen molar-refractivity contribution in [1.29, 1.82) is 0 Å². The second-order valence-corrected chi connectivity index (χ2v) is 2.16. The zero-order valence-corrected chi connectivity index (χ0v) is 6.72. The summed E-state index contributed by atoms with van der Waals surface area (Å²) in [7, 11) is 0. The van der Waals surface area contributed by atoms with E-state index in [0.717, 1.165) is 0 Å². The Balaban J connectivity index is 0.000000162. The first-order valence-electron chi connectivity index (χ1n) is 3.80. The molecule has 0 aromatic rings. The summed E-state index contributed by atoms with van der Waals surface area (Å²) in [6.45, 7) is 5.42. The SMILES string of the molecule is C1=CCCC1.C=CC=CC. The Kier molecular flexibility index (Phi) is 7.58. The van der Waals surface area contributed by atoms with Gasteiger partial charge in [-0.3, -0.25) is 0 Å². The maximum absolute atomic E-state index is 3.46. The van der Waals surface area contributed by atoms with Crippen molar-refractivity contribution < 1.29 is 0 Å². The van der Waals surface area contributed by atoms with Crippen molar-refractivity contribution in [3.05, 3.63) is 37.0 Å². The summed E-state index contributed by atoms with van der Waals surface area (Å²) in [4.78, 5) is 0. The van der Waals surface area contributed by atoms with Gasteiger partial charge in [-0.1, -0.05) is 37.0 Å². The van der Waals surface area contributed by atoms with Gasteiger partial charge < -0.3 is 0 Å². The third-order valence-electron chi connectivity index (χ3n) is 1.24. The van der Waals surface area contributed by atoms with Crippen molar-refractivity contribution >= 4 is 0 Å².